The van der Waals surface area contributed by atoms with E-state index >= 15 is 0 Å². The molecule has 0 aliphatic carbocycles. The Bertz CT molecular complexity index is 581. The third-order valence-corrected chi connectivity index (χ3v) is 2.56. The number of aryl methyl sites for hydroxylation is 1. The lowest BCUT2D eigenvalue weighted by Crippen LogP contribution is -2.16. The number of rotatable bonds is 3. The van der Waals surface area contributed by atoms with E-state index in [1.807, 2.05) is 37.2 Å². The normalized spacial score (nSPS) is 10.1. The molecule has 1 aromatic heterocycles. The zero-order chi connectivity index (χ0) is 13.8. The molecule has 0 aliphatic rings. The molecule has 5 nitrogen and oxygen atoms in total. The van der Waals surface area contributed by atoms with Crippen molar-refractivity contribution in [1.29, 1.82) is 0 Å². The van der Waals surface area contributed by atoms with Crippen LogP contribution in [0.5, 0.6) is 0 Å². The summed E-state index contributed by atoms with van der Waals surface area (Å²) in [6, 6.07) is 10.8. The Morgan fingerprint density at radius 2 is 1.84 bits per heavy atom. The van der Waals surface area contributed by atoms with E-state index in [1.165, 1.54) is 0 Å². The molecule has 0 bridgehead atoms. The molecule has 19 heavy (non-hydrogen) atoms. The maximum atomic E-state index is 12.0. The molecule has 0 radical (unpaired) electrons. The van der Waals surface area contributed by atoms with Crippen molar-refractivity contribution in [1.82, 2.24) is 9.97 Å². The van der Waals surface area contributed by atoms with Crippen LogP contribution < -0.4 is 10.2 Å². The van der Waals surface area contributed by atoms with E-state index in [-0.39, 0.29) is 5.91 Å². The van der Waals surface area contributed by atoms with Gasteiger partial charge in [0.15, 0.2) is 0 Å². The molecule has 0 atom stereocenters. The molecule has 2 rings (SSSR count). The molecule has 0 saturated carbocycles. The summed E-state index contributed by atoms with van der Waals surface area (Å²) in [7, 11) is 3.79. The van der Waals surface area contributed by atoms with Gasteiger partial charge < -0.3 is 10.2 Å². The lowest BCUT2D eigenvalue weighted by molar-refractivity contribution is 0.102. The van der Waals surface area contributed by atoms with E-state index in [4.69, 9.17) is 0 Å². The minimum Gasteiger partial charge on any atom is -0.363 e. The average Bonchev–Trinajstić information content (AvgIpc) is 2.39. The van der Waals surface area contributed by atoms with Crippen LogP contribution in [-0.2, 0) is 0 Å². The largest absolute Gasteiger partial charge is 0.363 e. The summed E-state index contributed by atoms with van der Waals surface area (Å²) in [5, 5.41) is 2.78. The Labute approximate surface area is 112 Å². The van der Waals surface area contributed by atoms with Crippen molar-refractivity contribution < 1.29 is 4.79 Å². The van der Waals surface area contributed by atoms with E-state index < -0.39 is 0 Å². The summed E-state index contributed by atoms with van der Waals surface area (Å²) in [5.41, 5.74) is 0.602. The SMILES string of the molecule is Cc1nc(NC(=O)c2ccccc2)cc(N(C)C)n1. The number of carbonyl (C=O) groups excluding carboxylic acids is 1. The van der Waals surface area contributed by atoms with E-state index in [0.29, 0.717) is 17.2 Å². The van der Waals surface area contributed by atoms with Crippen molar-refractivity contribution in [2.24, 2.45) is 0 Å². The van der Waals surface area contributed by atoms with Gasteiger partial charge in [0.05, 0.1) is 0 Å². The molecular weight excluding hydrogens is 240 g/mol. The summed E-state index contributed by atoms with van der Waals surface area (Å²) >= 11 is 0. The van der Waals surface area contributed by atoms with Crippen molar-refractivity contribution >= 4 is 17.5 Å². The van der Waals surface area contributed by atoms with E-state index in [2.05, 4.69) is 15.3 Å². The Balaban J connectivity index is 2.22. The zero-order valence-corrected chi connectivity index (χ0v) is 11.2. The van der Waals surface area contributed by atoms with Crippen molar-refractivity contribution in [3.05, 3.63) is 47.8 Å². The number of nitrogens with zero attached hydrogens (tertiary/aromatic N) is 3. The number of hydrogen-bond donors (Lipinski definition) is 1. The third-order valence-electron chi connectivity index (χ3n) is 2.56. The highest BCUT2D eigenvalue weighted by Gasteiger charge is 2.08. The van der Waals surface area contributed by atoms with Crippen LogP contribution in [0.1, 0.15) is 16.2 Å². The van der Waals surface area contributed by atoms with Crippen LogP contribution >= 0.6 is 0 Å². The summed E-state index contributed by atoms with van der Waals surface area (Å²) in [4.78, 5) is 22.4. The van der Waals surface area contributed by atoms with Crippen molar-refractivity contribution in [2.45, 2.75) is 6.92 Å². The second-order valence-electron chi connectivity index (χ2n) is 4.37. The van der Waals surface area contributed by atoms with Gasteiger partial charge in [0.1, 0.15) is 17.5 Å². The molecule has 98 valence electrons. The van der Waals surface area contributed by atoms with Crippen LogP contribution in [0, 0.1) is 6.92 Å². The monoisotopic (exact) mass is 256 g/mol. The van der Waals surface area contributed by atoms with Crippen LogP contribution in [0.25, 0.3) is 0 Å². The summed E-state index contributed by atoms with van der Waals surface area (Å²) in [6.07, 6.45) is 0. The molecule has 5 heteroatoms. The fourth-order valence-corrected chi connectivity index (χ4v) is 1.62. The van der Waals surface area contributed by atoms with Crippen LogP contribution in [0.4, 0.5) is 11.6 Å². The number of anilines is 2. The highest BCUT2D eigenvalue weighted by molar-refractivity contribution is 6.03. The molecule has 0 saturated heterocycles. The quantitative estimate of drug-likeness (QED) is 0.913. The molecule has 0 spiro atoms. The first-order chi connectivity index (χ1) is 9.06. The van der Waals surface area contributed by atoms with Gasteiger partial charge in [-0.2, -0.15) is 0 Å². The highest BCUT2D eigenvalue weighted by Crippen LogP contribution is 2.14. The topological polar surface area (TPSA) is 58.1 Å². The first-order valence-electron chi connectivity index (χ1n) is 5.95. The molecule has 0 aliphatic heterocycles. The summed E-state index contributed by atoms with van der Waals surface area (Å²) in [5.74, 6) is 1.71. The van der Waals surface area contributed by atoms with Gasteiger partial charge in [-0.15, -0.1) is 0 Å². The summed E-state index contributed by atoms with van der Waals surface area (Å²) < 4.78 is 0. The van der Waals surface area contributed by atoms with Crippen LogP contribution in [0.3, 0.4) is 0 Å². The molecule has 1 heterocycles. The van der Waals surface area contributed by atoms with Gasteiger partial charge in [0.25, 0.3) is 5.91 Å². The number of carbonyl (C=O) groups is 1. The van der Waals surface area contributed by atoms with Gasteiger partial charge in [-0.3, -0.25) is 4.79 Å². The minimum absolute atomic E-state index is 0.177. The second-order valence-corrected chi connectivity index (χ2v) is 4.37. The van der Waals surface area contributed by atoms with Gasteiger partial charge in [-0.05, 0) is 19.1 Å². The molecule has 0 unspecified atom stereocenters. The number of hydrogen-bond acceptors (Lipinski definition) is 4. The Morgan fingerprint density at radius 3 is 2.47 bits per heavy atom. The maximum Gasteiger partial charge on any atom is 0.256 e. The number of amides is 1. The van der Waals surface area contributed by atoms with Crippen LogP contribution in [0.2, 0.25) is 0 Å². The van der Waals surface area contributed by atoms with E-state index in [1.54, 1.807) is 25.1 Å². The van der Waals surface area contributed by atoms with Crippen molar-refractivity contribution in [3.63, 3.8) is 0 Å². The molecule has 1 aromatic carbocycles. The second kappa shape index (κ2) is 5.48. The van der Waals surface area contributed by atoms with Gasteiger partial charge >= 0.3 is 0 Å². The number of benzene rings is 1. The molecular formula is C14H16N4O. The minimum atomic E-state index is -0.177. The van der Waals surface area contributed by atoms with E-state index in [9.17, 15) is 4.79 Å². The lowest BCUT2D eigenvalue weighted by Gasteiger charge is -2.13. The first-order valence-corrected chi connectivity index (χ1v) is 5.95. The standard InChI is InChI=1S/C14H16N4O/c1-10-15-12(9-13(16-10)18(2)3)17-14(19)11-7-5-4-6-8-11/h4-9H,1-3H3,(H,15,16,17,19). The maximum absolute atomic E-state index is 12.0. The smallest absolute Gasteiger partial charge is 0.256 e. The van der Waals surface area contributed by atoms with Crippen LogP contribution in [0.15, 0.2) is 36.4 Å². The highest BCUT2D eigenvalue weighted by atomic mass is 16.1. The predicted octanol–water partition coefficient (Wildman–Crippen LogP) is 2.10. The van der Waals surface area contributed by atoms with Gasteiger partial charge in [0, 0.05) is 25.7 Å². The zero-order valence-electron chi connectivity index (χ0n) is 11.2. The van der Waals surface area contributed by atoms with Gasteiger partial charge in [-0.1, -0.05) is 18.2 Å². The number of aromatic nitrogens is 2. The Kier molecular flexibility index (Phi) is 3.75. The molecule has 2 aromatic rings. The lowest BCUT2D eigenvalue weighted by atomic mass is 10.2. The molecule has 0 fully saturated rings. The Hall–Kier alpha value is -2.43. The predicted molar refractivity (Wildman–Crippen MR) is 75.5 cm³/mol. The third kappa shape index (κ3) is 3.28. The van der Waals surface area contributed by atoms with Crippen LogP contribution in [-0.4, -0.2) is 30.0 Å². The van der Waals surface area contributed by atoms with E-state index in [0.717, 1.165) is 5.82 Å². The average molecular weight is 256 g/mol. The number of nitrogens with one attached hydrogen (secondary N) is 1. The fourth-order valence-electron chi connectivity index (χ4n) is 1.62. The van der Waals surface area contributed by atoms with Crippen molar-refractivity contribution in [2.75, 3.05) is 24.3 Å². The van der Waals surface area contributed by atoms with Gasteiger partial charge in [0.2, 0.25) is 0 Å². The van der Waals surface area contributed by atoms with Crippen molar-refractivity contribution in [3.8, 4) is 0 Å². The Morgan fingerprint density at radius 1 is 1.16 bits per heavy atom. The summed E-state index contributed by atoms with van der Waals surface area (Å²) in [6.45, 7) is 1.80. The molecule has 1 N–H and O–H groups in total. The molecule has 1 amide bonds. The fraction of sp³-hybridized carbons (Fsp3) is 0.214. The first kappa shape index (κ1) is 13.0. The van der Waals surface area contributed by atoms with Gasteiger partial charge in [-0.25, -0.2) is 9.97 Å².